The summed E-state index contributed by atoms with van der Waals surface area (Å²) in [5.41, 5.74) is 8.04. The van der Waals surface area contributed by atoms with E-state index in [0.29, 0.717) is 18.5 Å². The molecule has 2 atom stereocenters. The molecule has 170 valence electrons. The first-order valence-corrected chi connectivity index (χ1v) is 10.9. The first-order valence-electron chi connectivity index (χ1n) is 10.9. The van der Waals surface area contributed by atoms with Gasteiger partial charge < -0.3 is 15.4 Å². The van der Waals surface area contributed by atoms with Crippen molar-refractivity contribution in [1.82, 2.24) is 9.88 Å². The standard InChI is InChI=1S/C26H26FN3O3/c1-18(19-4-6-20(7-5-19)21-3-2-15-29-17-21)30-16-14-26(33-25(30)32,13-12-24(28)31)22-8-10-23(27)11-9-22/h2-11,15,17-18H,12-14,16H2,1H3,(H2,28,31)/t18-,26?/m0/s1. The number of amides is 2. The van der Waals surface area contributed by atoms with E-state index >= 15 is 0 Å². The molecule has 1 fully saturated rings. The number of pyridine rings is 1. The second-order valence-electron chi connectivity index (χ2n) is 8.32. The van der Waals surface area contributed by atoms with E-state index in [9.17, 15) is 14.0 Å². The third-order valence-corrected chi connectivity index (χ3v) is 6.27. The Morgan fingerprint density at radius 2 is 1.88 bits per heavy atom. The Kier molecular flexibility index (Phi) is 6.40. The number of carbonyl (C=O) groups excluding carboxylic acids is 2. The fourth-order valence-electron chi connectivity index (χ4n) is 4.29. The molecule has 1 aromatic heterocycles. The van der Waals surface area contributed by atoms with Crippen LogP contribution in [-0.2, 0) is 15.1 Å². The fraction of sp³-hybridized carbons (Fsp3) is 0.269. The quantitative estimate of drug-likeness (QED) is 0.555. The third-order valence-electron chi connectivity index (χ3n) is 6.27. The molecule has 1 aliphatic rings. The zero-order valence-corrected chi connectivity index (χ0v) is 18.4. The van der Waals surface area contributed by atoms with Crippen molar-refractivity contribution in [2.45, 2.75) is 37.8 Å². The van der Waals surface area contributed by atoms with Crippen LogP contribution in [0, 0.1) is 5.82 Å². The van der Waals surface area contributed by atoms with E-state index in [1.165, 1.54) is 12.1 Å². The lowest BCUT2D eigenvalue weighted by Gasteiger charge is -2.43. The summed E-state index contributed by atoms with van der Waals surface area (Å²) in [4.78, 5) is 30.4. The van der Waals surface area contributed by atoms with Crippen LogP contribution in [0.15, 0.2) is 73.1 Å². The number of rotatable bonds is 7. The van der Waals surface area contributed by atoms with Crippen LogP contribution in [0.2, 0.25) is 0 Å². The molecule has 0 saturated carbocycles. The van der Waals surface area contributed by atoms with Gasteiger partial charge in [-0.05, 0) is 47.4 Å². The van der Waals surface area contributed by atoms with Crippen LogP contribution < -0.4 is 5.73 Å². The Morgan fingerprint density at radius 3 is 2.48 bits per heavy atom. The van der Waals surface area contributed by atoms with Gasteiger partial charge in [0, 0.05) is 38.2 Å². The number of aromatic nitrogens is 1. The molecule has 1 saturated heterocycles. The highest BCUT2D eigenvalue weighted by atomic mass is 19.1. The average molecular weight is 448 g/mol. The second kappa shape index (κ2) is 9.40. The van der Waals surface area contributed by atoms with Gasteiger partial charge in [0.05, 0.1) is 6.04 Å². The lowest BCUT2D eigenvalue weighted by molar-refractivity contribution is -0.121. The monoisotopic (exact) mass is 447 g/mol. The molecule has 2 heterocycles. The van der Waals surface area contributed by atoms with E-state index in [-0.39, 0.29) is 24.7 Å². The van der Waals surface area contributed by atoms with Crippen LogP contribution in [-0.4, -0.2) is 28.4 Å². The molecule has 0 spiro atoms. The number of hydrogen-bond donors (Lipinski definition) is 1. The van der Waals surface area contributed by atoms with E-state index in [0.717, 1.165) is 16.7 Å². The Hall–Kier alpha value is -3.74. The average Bonchev–Trinajstić information content (AvgIpc) is 2.83. The lowest BCUT2D eigenvalue weighted by Crippen LogP contribution is -2.49. The number of hydrogen-bond acceptors (Lipinski definition) is 4. The molecule has 6 nitrogen and oxygen atoms in total. The van der Waals surface area contributed by atoms with Gasteiger partial charge in [-0.1, -0.05) is 42.5 Å². The SMILES string of the molecule is C[C@@H](c1ccc(-c2cccnc2)cc1)N1CCC(CCC(N)=O)(c2ccc(F)cc2)OC1=O. The minimum Gasteiger partial charge on any atom is -0.438 e. The van der Waals surface area contributed by atoms with Gasteiger partial charge >= 0.3 is 6.09 Å². The van der Waals surface area contributed by atoms with E-state index in [1.54, 1.807) is 23.2 Å². The predicted molar refractivity (Wildman–Crippen MR) is 122 cm³/mol. The van der Waals surface area contributed by atoms with Gasteiger partial charge in [-0.15, -0.1) is 0 Å². The van der Waals surface area contributed by atoms with Crippen molar-refractivity contribution < 1.29 is 18.7 Å². The van der Waals surface area contributed by atoms with Crippen LogP contribution in [0.3, 0.4) is 0 Å². The summed E-state index contributed by atoms with van der Waals surface area (Å²) in [6.45, 7) is 2.38. The van der Waals surface area contributed by atoms with Gasteiger partial charge in [0.1, 0.15) is 11.4 Å². The molecule has 1 unspecified atom stereocenters. The number of cyclic esters (lactones) is 1. The number of benzene rings is 2. The van der Waals surface area contributed by atoms with Gasteiger partial charge in [0.25, 0.3) is 0 Å². The number of halogens is 1. The fourth-order valence-corrected chi connectivity index (χ4v) is 4.29. The summed E-state index contributed by atoms with van der Waals surface area (Å²) in [6.07, 6.45) is 3.85. The normalized spacial score (nSPS) is 19.1. The minimum atomic E-state index is -1.01. The first-order chi connectivity index (χ1) is 15.9. The Balaban J connectivity index is 1.52. The lowest BCUT2D eigenvalue weighted by atomic mass is 9.84. The van der Waals surface area contributed by atoms with Crippen molar-refractivity contribution in [2.24, 2.45) is 5.73 Å². The molecular weight excluding hydrogens is 421 g/mol. The Labute approximate surface area is 192 Å². The second-order valence-corrected chi connectivity index (χ2v) is 8.32. The van der Waals surface area contributed by atoms with Crippen molar-refractivity contribution in [2.75, 3.05) is 6.54 Å². The van der Waals surface area contributed by atoms with Gasteiger partial charge in [0.2, 0.25) is 5.91 Å². The van der Waals surface area contributed by atoms with E-state index in [4.69, 9.17) is 10.5 Å². The van der Waals surface area contributed by atoms with Crippen molar-refractivity contribution in [3.05, 3.63) is 90.0 Å². The van der Waals surface area contributed by atoms with Crippen molar-refractivity contribution in [3.8, 4) is 11.1 Å². The highest BCUT2D eigenvalue weighted by Crippen LogP contribution is 2.40. The molecule has 0 aliphatic carbocycles. The highest BCUT2D eigenvalue weighted by Gasteiger charge is 2.43. The molecule has 1 aliphatic heterocycles. The Bertz CT molecular complexity index is 1120. The largest absolute Gasteiger partial charge is 0.438 e. The van der Waals surface area contributed by atoms with Gasteiger partial charge in [0.15, 0.2) is 0 Å². The number of primary amides is 1. The molecular formula is C26H26FN3O3. The van der Waals surface area contributed by atoms with Crippen molar-refractivity contribution >= 4 is 12.0 Å². The van der Waals surface area contributed by atoms with Crippen molar-refractivity contribution in [1.29, 1.82) is 0 Å². The zero-order chi connectivity index (χ0) is 23.4. The zero-order valence-electron chi connectivity index (χ0n) is 18.4. The van der Waals surface area contributed by atoms with E-state index in [2.05, 4.69) is 4.98 Å². The topological polar surface area (TPSA) is 85.5 Å². The maximum Gasteiger partial charge on any atom is 0.411 e. The van der Waals surface area contributed by atoms with Crippen LogP contribution in [0.1, 0.15) is 43.4 Å². The van der Waals surface area contributed by atoms with Crippen LogP contribution >= 0.6 is 0 Å². The van der Waals surface area contributed by atoms with Crippen LogP contribution in [0.4, 0.5) is 9.18 Å². The predicted octanol–water partition coefficient (Wildman–Crippen LogP) is 4.95. The van der Waals surface area contributed by atoms with Crippen LogP contribution in [0.5, 0.6) is 0 Å². The summed E-state index contributed by atoms with van der Waals surface area (Å²) < 4.78 is 19.4. The van der Waals surface area contributed by atoms with E-state index < -0.39 is 17.6 Å². The number of ether oxygens (including phenoxy) is 1. The van der Waals surface area contributed by atoms with E-state index in [1.807, 2.05) is 49.5 Å². The molecule has 0 bridgehead atoms. The molecule has 2 amide bonds. The van der Waals surface area contributed by atoms with Gasteiger partial charge in [-0.3, -0.25) is 9.78 Å². The number of carbonyl (C=O) groups is 2. The molecule has 33 heavy (non-hydrogen) atoms. The summed E-state index contributed by atoms with van der Waals surface area (Å²) in [7, 11) is 0. The van der Waals surface area contributed by atoms with Gasteiger partial charge in [-0.2, -0.15) is 0 Å². The molecule has 4 rings (SSSR count). The maximum absolute atomic E-state index is 13.5. The van der Waals surface area contributed by atoms with Crippen LogP contribution in [0.25, 0.3) is 11.1 Å². The Morgan fingerprint density at radius 1 is 1.15 bits per heavy atom. The smallest absolute Gasteiger partial charge is 0.411 e. The maximum atomic E-state index is 13.5. The molecule has 3 aromatic rings. The summed E-state index contributed by atoms with van der Waals surface area (Å²) in [5.74, 6) is -0.854. The molecule has 7 heteroatoms. The summed E-state index contributed by atoms with van der Waals surface area (Å²) in [6, 6.07) is 17.5. The third kappa shape index (κ3) is 4.87. The van der Waals surface area contributed by atoms with Gasteiger partial charge in [-0.25, -0.2) is 9.18 Å². The first kappa shape index (κ1) is 22.5. The summed E-state index contributed by atoms with van der Waals surface area (Å²) in [5, 5.41) is 0. The minimum absolute atomic E-state index is 0.0655. The molecule has 0 radical (unpaired) electrons. The summed E-state index contributed by atoms with van der Waals surface area (Å²) >= 11 is 0. The number of nitrogens with two attached hydrogens (primary N) is 1. The number of nitrogens with zero attached hydrogens (tertiary/aromatic N) is 2. The molecule has 2 N–H and O–H groups in total. The highest BCUT2D eigenvalue weighted by molar-refractivity contribution is 5.74. The molecule has 2 aromatic carbocycles. The van der Waals surface area contributed by atoms with Crippen molar-refractivity contribution in [3.63, 3.8) is 0 Å².